The van der Waals surface area contributed by atoms with Gasteiger partial charge in [-0.1, -0.05) is 18.2 Å². The molecule has 0 bridgehead atoms. The van der Waals surface area contributed by atoms with Gasteiger partial charge in [0.15, 0.2) is 0 Å². The van der Waals surface area contributed by atoms with Crippen LogP contribution >= 0.6 is 0 Å². The lowest BCUT2D eigenvalue weighted by atomic mass is 9.89. The summed E-state index contributed by atoms with van der Waals surface area (Å²) in [6.07, 6.45) is 3.70. The lowest BCUT2D eigenvalue weighted by Crippen LogP contribution is -2.44. The summed E-state index contributed by atoms with van der Waals surface area (Å²) in [6.45, 7) is 7.46. The number of hydrogen-bond donors (Lipinski definition) is 1. The Morgan fingerprint density at radius 2 is 1.74 bits per heavy atom. The Balaban J connectivity index is 1.18. The number of nitrogens with zero attached hydrogens (tertiary/aromatic N) is 6. The number of pyridine rings is 1. The number of hydrogen-bond acceptors (Lipinski definition) is 6. The number of imidazole rings is 1. The molecule has 1 amide bonds. The number of rotatable bonds is 4. The molecule has 4 aromatic rings. The molecule has 8 heteroatoms. The second-order valence-electron chi connectivity index (χ2n) is 10.8. The van der Waals surface area contributed by atoms with Crippen molar-refractivity contribution in [3.63, 3.8) is 0 Å². The minimum Gasteiger partial charge on any atom is -0.354 e. The van der Waals surface area contributed by atoms with E-state index < -0.39 is 0 Å². The molecule has 2 aliphatic heterocycles. The van der Waals surface area contributed by atoms with Crippen molar-refractivity contribution in [1.29, 1.82) is 5.26 Å². The number of carbonyl (C=O) groups excluding carboxylic acids is 1. The summed E-state index contributed by atoms with van der Waals surface area (Å²) >= 11 is 0. The summed E-state index contributed by atoms with van der Waals surface area (Å²) < 4.78 is 0. The van der Waals surface area contributed by atoms with Gasteiger partial charge in [0.2, 0.25) is 0 Å². The second kappa shape index (κ2) is 10.5. The van der Waals surface area contributed by atoms with Crippen LogP contribution in [0.5, 0.6) is 0 Å². The van der Waals surface area contributed by atoms with E-state index in [9.17, 15) is 4.79 Å². The minimum atomic E-state index is 0.0599. The van der Waals surface area contributed by atoms with E-state index in [4.69, 9.17) is 10.2 Å². The van der Waals surface area contributed by atoms with Gasteiger partial charge >= 0.3 is 0 Å². The minimum absolute atomic E-state index is 0.0599. The summed E-state index contributed by atoms with van der Waals surface area (Å²) in [6, 6.07) is 18.0. The van der Waals surface area contributed by atoms with Crippen LogP contribution in [0.2, 0.25) is 0 Å². The molecule has 0 atom stereocenters. The highest BCUT2D eigenvalue weighted by atomic mass is 16.2. The van der Waals surface area contributed by atoms with Crippen molar-refractivity contribution in [1.82, 2.24) is 24.8 Å². The van der Waals surface area contributed by atoms with Gasteiger partial charge in [-0.3, -0.25) is 4.79 Å². The first-order chi connectivity index (χ1) is 19.0. The number of nitriles is 1. The average molecular weight is 520 g/mol. The zero-order valence-corrected chi connectivity index (χ0v) is 22.5. The maximum atomic E-state index is 13.5. The summed E-state index contributed by atoms with van der Waals surface area (Å²) in [7, 11) is 2.15. The van der Waals surface area contributed by atoms with Crippen LogP contribution in [-0.4, -0.2) is 77.0 Å². The summed E-state index contributed by atoms with van der Waals surface area (Å²) in [5, 5.41) is 9.05. The average Bonchev–Trinajstić information content (AvgIpc) is 3.41. The molecule has 0 unspecified atom stereocenters. The number of fused-ring (bicyclic) bond motifs is 1. The fraction of sp³-hybridized carbons (Fsp3) is 0.355. The van der Waals surface area contributed by atoms with Crippen LogP contribution < -0.4 is 4.90 Å². The SMILES string of the molecule is Cc1ccc(C(=O)N2CCC(c3ccc(C#N)cc3)CC2)cc1-c1nc2cc(N3CCN(C)CC3)ncc2[nH]1. The number of piperidine rings is 1. The van der Waals surface area contributed by atoms with E-state index in [0.29, 0.717) is 17.0 Å². The lowest BCUT2D eigenvalue weighted by molar-refractivity contribution is 0.0713. The Bertz CT molecular complexity index is 1540. The molecule has 4 heterocycles. The molecule has 0 saturated carbocycles. The van der Waals surface area contributed by atoms with Crippen molar-refractivity contribution in [3.8, 4) is 17.5 Å². The number of benzene rings is 2. The van der Waals surface area contributed by atoms with Crippen LogP contribution in [0.3, 0.4) is 0 Å². The van der Waals surface area contributed by atoms with Crippen molar-refractivity contribution < 1.29 is 4.79 Å². The molecule has 0 aliphatic carbocycles. The summed E-state index contributed by atoms with van der Waals surface area (Å²) in [5.41, 5.74) is 6.39. The van der Waals surface area contributed by atoms with Gasteiger partial charge < -0.3 is 19.7 Å². The first-order valence-corrected chi connectivity index (χ1v) is 13.7. The van der Waals surface area contributed by atoms with Gasteiger partial charge in [-0.15, -0.1) is 0 Å². The number of carbonyl (C=O) groups is 1. The molecule has 6 rings (SSSR count). The highest BCUT2D eigenvalue weighted by Gasteiger charge is 2.25. The number of likely N-dealkylation sites (tertiary alicyclic amines) is 1. The topological polar surface area (TPSA) is 92.2 Å². The smallest absolute Gasteiger partial charge is 0.253 e. The Morgan fingerprint density at radius 3 is 2.46 bits per heavy atom. The van der Waals surface area contributed by atoms with Crippen LogP contribution in [0.25, 0.3) is 22.4 Å². The van der Waals surface area contributed by atoms with E-state index in [1.807, 2.05) is 60.5 Å². The molecule has 0 radical (unpaired) electrons. The third kappa shape index (κ3) is 5.10. The van der Waals surface area contributed by atoms with Crippen LogP contribution in [-0.2, 0) is 0 Å². The molecule has 2 aromatic heterocycles. The number of aryl methyl sites for hydroxylation is 1. The Kier molecular flexibility index (Phi) is 6.76. The van der Waals surface area contributed by atoms with Crippen molar-refractivity contribution in [2.75, 3.05) is 51.2 Å². The van der Waals surface area contributed by atoms with E-state index in [1.54, 1.807) is 0 Å². The highest BCUT2D eigenvalue weighted by Crippen LogP contribution is 2.30. The number of anilines is 1. The third-order valence-electron chi connectivity index (χ3n) is 8.21. The summed E-state index contributed by atoms with van der Waals surface area (Å²) in [4.78, 5) is 33.1. The molecular weight excluding hydrogens is 486 g/mol. The molecule has 2 fully saturated rings. The van der Waals surface area contributed by atoms with Gasteiger partial charge in [-0.2, -0.15) is 5.26 Å². The number of likely N-dealkylation sites (N-methyl/N-ethyl adjacent to an activating group) is 1. The highest BCUT2D eigenvalue weighted by molar-refractivity contribution is 5.96. The van der Waals surface area contributed by atoms with Crippen LogP contribution in [0.4, 0.5) is 5.82 Å². The number of amides is 1. The van der Waals surface area contributed by atoms with Crippen molar-refractivity contribution in [2.45, 2.75) is 25.7 Å². The molecule has 198 valence electrons. The van der Waals surface area contributed by atoms with E-state index in [2.05, 4.69) is 39.0 Å². The first-order valence-electron chi connectivity index (χ1n) is 13.7. The number of piperazine rings is 1. The van der Waals surface area contributed by atoms with Gasteiger partial charge in [-0.05, 0) is 68.1 Å². The number of H-pyrrole nitrogens is 1. The fourth-order valence-corrected chi connectivity index (χ4v) is 5.67. The predicted molar refractivity (Wildman–Crippen MR) is 153 cm³/mol. The Labute approximate surface area is 228 Å². The maximum Gasteiger partial charge on any atom is 0.253 e. The molecule has 2 aromatic carbocycles. The van der Waals surface area contributed by atoms with Crippen molar-refractivity contribution in [3.05, 3.63) is 77.0 Å². The van der Waals surface area contributed by atoms with E-state index in [0.717, 1.165) is 85.9 Å². The van der Waals surface area contributed by atoms with Gasteiger partial charge in [0.05, 0.1) is 28.9 Å². The molecule has 39 heavy (non-hydrogen) atoms. The molecule has 1 N–H and O–H groups in total. The monoisotopic (exact) mass is 519 g/mol. The number of aromatic amines is 1. The Hall–Kier alpha value is -4.22. The zero-order chi connectivity index (χ0) is 26.9. The van der Waals surface area contributed by atoms with Gasteiger partial charge in [-0.25, -0.2) is 9.97 Å². The largest absolute Gasteiger partial charge is 0.354 e. The van der Waals surface area contributed by atoms with Gasteiger partial charge in [0.1, 0.15) is 11.6 Å². The number of nitrogens with one attached hydrogen (secondary N) is 1. The first kappa shape index (κ1) is 25.1. The standard InChI is InChI=1S/C31H33N7O/c1-21-3-6-25(31(39)38-11-9-24(10-12-38)23-7-4-22(19-32)5-8-23)17-26(21)30-34-27-18-29(33-20-28(27)35-30)37-15-13-36(2)14-16-37/h3-8,17-18,20,24H,9-16H2,1-2H3,(H,34,35). The maximum absolute atomic E-state index is 13.5. The number of aromatic nitrogens is 3. The molecule has 8 nitrogen and oxygen atoms in total. The van der Waals surface area contributed by atoms with Crippen LogP contribution in [0, 0.1) is 18.3 Å². The molecular formula is C31H33N7O. The van der Waals surface area contributed by atoms with E-state index in [-0.39, 0.29) is 5.91 Å². The second-order valence-corrected chi connectivity index (χ2v) is 10.8. The Morgan fingerprint density at radius 1 is 1.00 bits per heavy atom. The van der Waals surface area contributed by atoms with Gasteiger partial charge in [0, 0.05) is 56.5 Å². The van der Waals surface area contributed by atoms with Crippen molar-refractivity contribution in [2.24, 2.45) is 0 Å². The van der Waals surface area contributed by atoms with Gasteiger partial charge in [0.25, 0.3) is 5.91 Å². The normalized spacial score (nSPS) is 16.9. The van der Waals surface area contributed by atoms with Crippen LogP contribution in [0.1, 0.15) is 45.8 Å². The van der Waals surface area contributed by atoms with E-state index in [1.165, 1.54) is 5.56 Å². The molecule has 2 saturated heterocycles. The zero-order valence-electron chi connectivity index (χ0n) is 22.5. The lowest BCUT2D eigenvalue weighted by Gasteiger charge is -2.33. The molecule has 0 spiro atoms. The molecule has 2 aliphatic rings. The van der Waals surface area contributed by atoms with E-state index >= 15 is 0 Å². The quantitative estimate of drug-likeness (QED) is 0.425. The predicted octanol–water partition coefficient (Wildman–Crippen LogP) is 4.58. The fourth-order valence-electron chi connectivity index (χ4n) is 5.67. The van der Waals surface area contributed by atoms with Crippen LogP contribution in [0.15, 0.2) is 54.7 Å². The summed E-state index contributed by atoms with van der Waals surface area (Å²) in [5.74, 6) is 2.19. The van der Waals surface area contributed by atoms with Crippen molar-refractivity contribution >= 4 is 22.8 Å². The third-order valence-corrected chi connectivity index (χ3v) is 8.21.